The molecule has 0 heterocycles. The Balaban J connectivity index is 4.54. The summed E-state index contributed by atoms with van der Waals surface area (Å²) < 4.78 is 16.8. The van der Waals surface area contributed by atoms with Gasteiger partial charge in [0, 0.05) is 19.3 Å². The third kappa shape index (κ3) is 54.6. The average molecular weight is 956 g/mol. The van der Waals surface area contributed by atoms with Crippen molar-refractivity contribution < 1.29 is 28.6 Å². The molecule has 1 atom stereocenters. The SMILES string of the molecule is CC/C=C\C/C=C\C/C=C\C/C=C\CCCCC(=O)OC[C@H](COC(=O)CCC/C=C\C/C=C\C/C=C\C/C=C\CCCCC)OC(=O)CCCCCCCCCCC/C=C\C/C=C\CCCCC. The van der Waals surface area contributed by atoms with Gasteiger partial charge in [-0.1, -0.05) is 213 Å². The van der Waals surface area contributed by atoms with E-state index in [-0.39, 0.29) is 37.5 Å². The van der Waals surface area contributed by atoms with Crippen LogP contribution in [0.2, 0.25) is 0 Å². The minimum absolute atomic E-state index is 0.121. The Hall–Kier alpha value is -4.19. The van der Waals surface area contributed by atoms with Gasteiger partial charge in [-0.25, -0.2) is 0 Å². The highest BCUT2D eigenvalue weighted by Gasteiger charge is 2.19. The van der Waals surface area contributed by atoms with Gasteiger partial charge < -0.3 is 14.2 Å². The van der Waals surface area contributed by atoms with Crippen molar-refractivity contribution in [3.05, 3.63) is 122 Å². The van der Waals surface area contributed by atoms with Crippen LogP contribution < -0.4 is 0 Å². The number of rotatable bonds is 49. The Morgan fingerprint density at radius 3 is 0.971 bits per heavy atom. The van der Waals surface area contributed by atoms with E-state index in [0.29, 0.717) is 25.7 Å². The molecule has 0 aromatic carbocycles. The minimum atomic E-state index is -0.823. The third-order valence-electron chi connectivity index (χ3n) is 11.4. The Morgan fingerprint density at radius 2 is 0.580 bits per heavy atom. The number of hydrogen-bond donors (Lipinski definition) is 0. The van der Waals surface area contributed by atoms with Gasteiger partial charge in [0.25, 0.3) is 0 Å². The highest BCUT2D eigenvalue weighted by molar-refractivity contribution is 5.71. The number of carbonyl (C=O) groups excluding carboxylic acids is 3. The van der Waals surface area contributed by atoms with Crippen LogP contribution in [0.25, 0.3) is 0 Å². The van der Waals surface area contributed by atoms with Crippen molar-refractivity contribution in [2.24, 2.45) is 0 Å². The van der Waals surface area contributed by atoms with E-state index < -0.39 is 6.10 Å². The molecule has 0 aliphatic carbocycles. The zero-order valence-electron chi connectivity index (χ0n) is 44.5. The van der Waals surface area contributed by atoms with Crippen LogP contribution in [0.15, 0.2) is 122 Å². The van der Waals surface area contributed by atoms with Crippen LogP contribution in [-0.2, 0) is 28.6 Å². The monoisotopic (exact) mass is 955 g/mol. The summed E-state index contributed by atoms with van der Waals surface area (Å²) in [5.74, 6) is -1.02. The molecule has 0 aliphatic rings. The van der Waals surface area contributed by atoms with Crippen LogP contribution in [0.1, 0.15) is 239 Å². The Morgan fingerprint density at radius 1 is 0.304 bits per heavy atom. The fourth-order valence-corrected chi connectivity index (χ4v) is 7.22. The zero-order chi connectivity index (χ0) is 50.0. The molecule has 0 aromatic rings. The molecule has 6 nitrogen and oxygen atoms in total. The van der Waals surface area contributed by atoms with Crippen LogP contribution in [0.4, 0.5) is 0 Å². The van der Waals surface area contributed by atoms with E-state index in [2.05, 4.69) is 142 Å². The van der Waals surface area contributed by atoms with Gasteiger partial charge >= 0.3 is 17.9 Å². The van der Waals surface area contributed by atoms with Crippen LogP contribution in [0, 0.1) is 0 Å². The standard InChI is InChI=1S/C63H102O6/c1-4-7-10-13-16-19-22-25-28-30-31-33-36-39-42-45-48-51-54-57-63(66)69-60(58-67-61(64)55-52-49-46-43-40-37-34-27-24-21-18-15-12-9-6-3)59-68-62(65)56-53-50-47-44-41-38-35-32-29-26-23-20-17-14-11-8-5-2/h9,12,16-21,25-29,34-35,38,40,43-44,47,60H,4-8,10-11,13-15,22-24,30-33,36-37,39,41-42,45-46,48-59H2,1-3H3/b12-9-,19-16-,20-17-,21-18-,28-25-,29-26-,34-27-,38-35-,43-40-,47-44-/t60-/m1/s1. The number of hydrogen-bond acceptors (Lipinski definition) is 6. The first-order chi connectivity index (χ1) is 34.0. The highest BCUT2D eigenvalue weighted by atomic mass is 16.6. The van der Waals surface area contributed by atoms with E-state index >= 15 is 0 Å². The molecule has 0 spiro atoms. The zero-order valence-corrected chi connectivity index (χ0v) is 44.5. The lowest BCUT2D eigenvalue weighted by atomic mass is 10.1. The number of ether oxygens (including phenoxy) is 3. The quantitative estimate of drug-likeness (QED) is 0.0262. The maximum absolute atomic E-state index is 12.9. The molecule has 0 saturated carbocycles. The molecule has 6 heteroatoms. The summed E-state index contributed by atoms with van der Waals surface area (Å²) in [5, 5.41) is 0. The summed E-state index contributed by atoms with van der Waals surface area (Å²) in [7, 11) is 0. The van der Waals surface area contributed by atoms with E-state index in [9.17, 15) is 14.4 Å². The van der Waals surface area contributed by atoms with E-state index in [0.717, 1.165) is 89.9 Å². The summed E-state index contributed by atoms with van der Waals surface area (Å²) in [5.41, 5.74) is 0. The largest absolute Gasteiger partial charge is 0.462 e. The maximum atomic E-state index is 12.9. The summed E-state index contributed by atoms with van der Waals surface area (Å²) in [6, 6.07) is 0. The Bertz CT molecular complexity index is 1470. The predicted molar refractivity (Wildman–Crippen MR) is 297 cm³/mol. The van der Waals surface area contributed by atoms with Gasteiger partial charge in [0.1, 0.15) is 13.2 Å². The lowest BCUT2D eigenvalue weighted by molar-refractivity contribution is -0.167. The summed E-state index contributed by atoms with van der Waals surface area (Å²) in [6.45, 7) is 6.38. The molecule has 69 heavy (non-hydrogen) atoms. The molecule has 0 saturated heterocycles. The van der Waals surface area contributed by atoms with E-state index in [1.807, 2.05) is 0 Å². The number of allylic oxidation sites excluding steroid dienone is 20. The number of carbonyl (C=O) groups is 3. The minimum Gasteiger partial charge on any atom is -0.462 e. The van der Waals surface area contributed by atoms with Crippen LogP contribution >= 0.6 is 0 Å². The number of esters is 3. The van der Waals surface area contributed by atoms with Gasteiger partial charge in [-0.05, 0) is 128 Å². The highest BCUT2D eigenvalue weighted by Crippen LogP contribution is 2.14. The third-order valence-corrected chi connectivity index (χ3v) is 11.4. The van der Waals surface area contributed by atoms with Gasteiger partial charge in [0.15, 0.2) is 6.10 Å². The van der Waals surface area contributed by atoms with E-state index in [1.54, 1.807) is 0 Å². The Kier molecular flexibility index (Phi) is 53.0. The van der Waals surface area contributed by atoms with Gasteiger partial charge in [0.2, 0.25) is 0 Å². The maximum Gasteiger partial charge on any atom is 0.306 e. The van der Waals surface area contributed by atoms with Gasteiger partial charge in [0.05, 0.1) is 0 Å². The van der Waals surface area contributed by atoms with E-state index in [4.69, 9.17) is 14.2 Å². The number of unbranched alkanes of at least 4 members (excludes halogenated alkanes) is 18. The first-order valence-corrected chi connectivity index (χ1v) is 28.0. The first-order valence-electron chi connectivity index (χ1n) is 28.0. The molecule has 0 fully saturated rings. The van der Waals surface area contributed by atoms with Crippen LogP contribution in [-0.4, -0.2) is 37.2 Å². The van der Waals surface area contributed by atoms with Crippen molar-refractivity contribution in [2.75, 3.05) is 13.2 Å². The van der Waals surface area contributed by atoms with Crippen molar-refractivity contribution in [1.29, 1.82) is 0 Å². The molecule has 0 rings (SSSR count). The molecule has 0 amide bonds. The second kappa shape index (κ2) is 56.4. The topological polar surface area (TPSA) is 78.9 Å². The van der Waals surface area contributed by atoms with Crippen molar-refractivity contribution in [2.45, 2.75) is 245 Å². The summed E-state index contributed by atoms with van der Waals surface area (Å²) in [6.07, 6.45) is 77.6. The van der Waals surface area contributed by atoms with Crippen LogP contribution in [0.5, 0.6) is 0 Å². The van der Waals surface area contributed by atoms with Crippen molar-refractivity contribution in [3.8, 4) is 0 Å². The lowest BCUT2D eigenvalue weighted by Gasteiger charge is -2.18. The Labute approximate surface area is 424 Å². The smallest absolute Gasteiger partial charge is 0.306 e. The second-order valence-corrected chi connectivity index (χ2v) is 18.1. The molecular formula is C63H102O6. The molecule has 0 radical (unpaired) electrons. The lowest BCUT2D eigenvalue weighted by Crippen LogP contribution is -2.30. The predicted octanol–water partition coefficient (Wildman–Crippen LogP) is 18.9. The van der Waals surface area contributed by atoms with Gasteiger partial charge in [-0.15, -0.1) is 0 Å². The fraction of sp³-hybridized carbons (Fsp3) is 0.635. The molecular weight excluding hydrogens is 853 g/mol. The van der Waals surface area contributed by atoms with Gasteiger partial charge in [-0.2, -0.15) is 0 Å². The molecule has 390 valence electrons. The van der Waals surface area contributed by atoms with Crippen molar-refractivity contribution in [1.82, 2.24) is 0 Å². The first kappa shape index (κ1) is 64.8. The summed E-state index contributed by atoms with van der Waals surface area (Å²) >= 11 is 0. The molecule has 0 unspecified atom stereocenters. The normalized spacial score (nSPS) is 13.0. The van der Waals surface area contributed by atoms with Gasteiger partial charge in [-0.3, -0.25) is 14.4 Å². The molecule has 0 bridgehead atoms. The summed E-state index contributed by atoms with van der Waals surface area (Å²) in [4.78, 5) is 38.1. The van der Waals surface area contributed by atoms with Crippen molar-refractivity contribution in [3.63, 3.8) is 0 Å². The fourth-order valence-electron chi connectivity index (χ4n) is 7.22. The molecule has 0 aliphatic heterocycles. The van der Waals surface area contributed by atoms with Crippen LogP contribution in [0.3, 0.4) is 0 Å². The van der Waals surface area contributed by atoms with Crippen molar-refractivity contribution >= 4 is 17.9 Å². The molecule has 0 N–H and O–H groups in total. The second-order valence-electron chi connectivity index (χ2n) is 18.1. The molecule has 0 aromatic heterocycles. The average Bonchev–Trinajstić information content (AvgIpc) is 3.35. The van der Waals surface area contributed by atoms with E-state index in [1.165, 1.54) is 96.3 Å².